The molecule has 0 saturated carbocycles. The summed E-state index contributed by atoms with van der Waals surface area (Å²) in [6, 6.07) is 4.60. The first-order valence-corrected chi connectivity index (χ1v) is 6.10. The summed E-state index contributed by atoms with van der Waals surface area (Å²) in [5, 5.41) is 6.60. The fraction of sp³-hybridized carbons (Fsp3) is 0.615. The van der Waals surface area contributed by atoms with Crippen LogP contribution in [0.1, 0.15) is 32.8 Å². The molecule has 0 aliphatic heterocycles. The average molecular weight is 223 g/mol. The third-order valence-corrected chi connectivity index (χ3v) is 2.20. The van der Waals surface area contributed by atoms with E-state index in [-0.39, 0.29) is 0 Å². The van der Waals surface area contributed by atoms with Gasteiger partial charge in [0, 0.05) is 25.0 Å². The van der Waals surface area contributed by atoms with E-state index in [9.17, 15) is 0 Å². The fourth-order valence-corrected chi connectivity index (χ4v) is 1.26. The van der Waals surface area contributed by atoms with Crippen LogP contribution in [0, 0.1) is 0 Å². The van der Waals surface area contributed by atoms with Crippen molar-refractivity contribution in [2.24, 2.45) is 0 Å². The van der Waals surface area contributed by atoms with Gasteiger partial charge in [0.1, 0.15) is 0 Å². The lowest BCUT2D eigenvalue weighted by Gasteiger charge is -2.12. The van der Waals surface area contributed by atoms with Gasteiger partial charge in [-0.3, -0.25) is 4.98 Å². The molecule has 0 aliphatic carbocycles. The molecular weight excluding hydrogens is 198 g/mol. The molecule has 3 nitrogen and oxygen atoms in total. The van der Waals surface area contributed by atoms with Crippen LogP contribution in [0.4, 0.5) is 0 Å². The highest BCUT2D eigenvalue weighted by Crippen LogP contribution is 1.96. The van der Waals surface area contributed by atoms with E-state index in [4.69, 9.17) is 0 Å². The molecule has 1 heterocycles. The highest BCUT2D eigenvalue weighted by Gasteiger charge is 1.99. The van der Waals surface area contributed by atoms with Crippen LogP contribution >= 0.6 is 0 Å². The second-order valence-electron chi connectivity index (χ2n) is 3.54. The van der Waals surface area contributed by atoms with Crippen molar-refractivity contribution in [3.63, 3.8) is 0 Å². The summed E-state index contributed by atoms with van der Waals surface area (Å²) in [6.07, 6.45) is 4.85. The van der Waals surface area contributed by atoms with Crippen LogP contribution in [0.2, 0.25) is 0 Å². The molecule has 3 heteroatoms. The minimum Gasteiger partial charge on any atom is -0.320 e. The molecule has 0 aliphatic rings. The first kappa shape index (κ1) is 15.1. The second-order valence-corrected chi connectivity index (χ2v) is 3.54. The minimum atomic E-state index is 0.544. The number of aromatic nitrogens is 1. The van der Waals surface area contributed by atoms with Crippen molar-refractivity contribution in [3.05, 3.63) is 30.1 Å². The Morgan fingerprint density at radius 3 is 2.69 bits per heavy atom. The summed E-state index contributed by atoms with van der Waals surface area (Å²) in [5.74, 6) is 0. The SMILES string of the molecule is CC.CNCCC(C)NCc1cccnc1. The van der Waals surface area contributed by atoms with Gasteiger partial charge in [-0.25, -0.2) is 0 Å². The van der Waals surface area contributed by atoms with Gasteiger partial charge in [0.25, 0.3) is 0 Å². The summed E-state index contributed by atoms with van der Waals surface area (Å²) in [5.41, 5.74) is 1.24. The zero-order chi connectivity index (χ0) is 12.2. The van der Waals surface area contributed by atoms with E-state index >= 15 is 0 Å². The summed E-state index contributed by atoms with van der Waals surface area (Å²) in [4.78, 5) is 4.07. The van der Waals surface area contributed by atoms with Crippen molar-refractivity contribution in [1.82, 2.24) is 15.6 Å². The molecule has 0 aromatic carbocycles. The Balaban J connectivity index is 0.00000106. The van der Waals surface area contributed by atoms with Crippen molar-refractivity contribution >= 4 is 0 Å². The van der Waals surface area contributed by atoms with Gasteiger partial charge < -0.3 is 10.6 Å². The lowest BCUT2D eigenvalue weighted by molar-refractivity contribution is 0.503. The Hall–Kier alpha value is -0.930. The number of rotatable bonds is 6. The zero-order valence-electron chi connectivity index (χ0n) is 11.0. The molecule has 0 spiro atoms. The van der Waals surface area contributed by atoms with E-state index in [1.165, 1.54) is 5.56 Å². The average Bonchev–Trinajstić information content (AvgIpc) is 2.37. The molecule has 0 bridgehead atoms. The summed E-state index contributed by atoms with van der Waals surface area (Å²) >= 11 is 0. The van der Waals surface area contributed by atoms with Crippen molar-refractivity contribution in [1.29, 1.82) is 0 Å². The van der Waals surface area contributed by atoms with Gasteiger partial charge in [-0.05, 0) is 38.6 Å². The van der Waals surface area contributed by atoms with Crippen LogP contribution in [-0.2, 0) is 6.54 Å². The Kier molecular flexibility index (Phi) is 9.97. The predicted octanol–water partition coefficient (Wildman–Crippen LogP) is 2.20. The first-order valence-electron chi connectivity index (χ1n) is 6.10. The van der Waals surface area contributed by atoms with E-state index in [2.05, 4.69) is 28.6 Å². The smallest absolute Gasteiger partial charge is 0.0312 e. The highest BCUT2D eigenvalue weighted by molar-refractivity contribution is 5.07. The number of nitrogens with zero attached hydrogens (tertiary/aromatic N) is 1. The monoisotopic (exact) mass is 223 g/mol. The molecule has 0 saturated heterocycles. The summed E-state index contributed by atoms with van der Waals surface area (Å²) in [6.45, 7) is 8.16. The van der Waals surface area contributed by atoms with Crippen LogP contribution in [0.3, 0.4) is 0 Å². The molecule has 1 rings (SSSR count). The van der Waals surface area contributed by atoms with Gasteiger partial charge >= 0.3 is 0 Å². The standard InChI is InChI=1S/C11H19N3.C2H6/c1-10(5-7-12-2)14-9-11-4-3-6-13-8-11;1-2/h3-4,6,8,10,12,14H,5,7,9H2,1-2H3;1-2H3. The molecule has 0 radical (unpaired) electrons. The normalized spacial score (nSPS) is 11.5. The van der Waals surface area contributed by atoms with Gasteiger partial charge in [-0.1, -0.05) is 19.9 Å². The maximum atomic E-state index is 4.07. The number of pyridine rings is 1. The molecule has 16 heavy (non-hydrogen) atoms. The van der Waals surface area contributed by atoms with Crippen molar-refractivity contribution in [3.8, 4) is 0 Å². The third kappa shape index (κ3) is 7.37. The molecular formula is C13H25N3. The maximum Gasteiger partial charge on any atom is 0.0312 e. The molecule has 1 aromatic rings. The van der Waals surface area contributed by atoms with Gasteiger partial charge in [0.15, 0.2) is 0 Å². The number of nitrogens with one attached hydrogen (secondary N) is 2. The fourth-order valence-electron chi connectivity index (χ4n) is 1.26. The van der Waals surface area contributed by atoms with E-state index in [0.29, 0.717) is 6.04 Å². The third-order valence-electron chi connectivity index (χ3n) is 2.20. The van der Waals surface area contributed by atoms with Crippen molar-refractivity contribution in [2.45, 2.75) is 39.8 Å². The van der Waals surface area contributed by atoms with Crippen LogP contribution < -0.4 is 10.6 Å². The molecule has 2 N–H and O–H groups in total. The Bertz CT molecular complexity index is 236. The Morgan fingerprint density at radius 1 is 1.38 bits per heavy atom. The minimum absolute atomic E-state index is 0.544. The van der Waals surface area contributed by atoms with E-state index in [1.807, 2.05) is 33.2 Å². The van der Waals surface area contributed by atoms with Crippen LogP contribution in [0.15, 0.2) is 24.5 Å². The lowest BCUT2D eigenvalue weighted by Crippen LogP contribution is -2.28. The zero-order valence-corrected chi connectivity index (χ0v) is 11.0. The van der Waals surface area contributed by atoms with Crippen molar-refractivity contribution in [2.75, 3.05) is 13.6 Å². The van der Waals surface area contributed by atoms with Crippen LogP contribution in [-0.4, -0.2) is 24.6 Å². The Labute approximate surface area is 99.7 Å². The topological polar surface area (TPSA) is 37.0 Å². The number of hydrogen-bond donors (Lipinski definition) is 2. The molecule has 0 amide bonds. The van der Waals surface area contributed by atoms with E-state index in [1.54, 1.807) is 6.20 Å². The van der Waals surface area contributed by atoms with E-state index in [0.717, 1.165) is 19.5 Å². The van der Waals surface area contributed by atoms with Gasteiger partial charge in [0.05, 0.1) is 0 Å². The summed E-state index contributed by atoms with van der Waals surface area (Å²) in [7, 11) is 1.98. The van der Waals surface area contributed by atoms with Gasteiger partial charge in [-0.2, -0.15) is 0 Å². The Morgan fingerprint density at radius 2 is 2.12 bits per heavy atom. The first-order chi connectivity index (χ1) is 7.83. The quantitative estimate of drug-likeness (QED) is 0.776. The molecule has 1 unspecified atom stereocenters. The summed E-state index contributed by atoms with van der Waals surface area (Å²) < 4.78 is 0. The van der Waals surface area contributed by atoms with E-state index < -0.39 is 0 Å². The number of hydrogen-bond acceptors (Lipinski definition) is 3. The largest absolute Gasteiger partial charge is 0.320 e. The molecule has 1 aromatic heterocycles. The lowest BCUT2D eigenvalue weighted by atomic mass is 10.2. The van der Waals surface area contributed by atoms with Crippen LogP contribution in [0.5, 0.6) is 0 Å². The molecule has 1 atom stereocenters. The molecule has 0 fully saturated rings. The van der Waals surface area contributed by atoms with Crippen molar-refractivity contribution < 1.29 is 0 Å². The second kappa shape index (κ2) is 10.6. The molecule has 92 valence electrons. The van der Waals surface area contributed by atoms with Gasteiger partial charge in [0.2, 0.25) is 0 Å². The van der Waals surface area contributed by atoms with Crippen LogP contribution in [0.25, 0.3) is 0 Å². The predicted molar refractivity (Wildman–Crippen MR) is 70.4 cm³/mol. The maximum absolute atomic E-state index is 4.07. The van der Waals surface area contributed by atoms with Gasteiger partial charge in [-0.15, -0.1) is 0 Å². The highest BCUT2D eigenvalue weighted by atomic mass is 14.9.